The van der Waals surface area contributed by atoms with E-state index in [0.717, 1.165) is 12.1 Å². The van der Waals surface area contributed by atoms with E-state index in [0.29, 0.717) is 36.3 Å². The van der Waals surface area contributed by atoms with E-state index in [4.69, 9.17) is 9.47 Å². The molecule has 2 aliphatic heterocycles. The third-order valence-corrected chi connectivity index (χ3v) is 6.32. The minimum atomic E-state index is -0.595. The Morgan fingerprint density at radius 2 is 1.97 bits per heavy atom. The highest BCUT2D eigenvalue weighted by Crippen LogP contribution is 2.33. The van der Waals surface area contributed by atoms with Gasteiger partial charge in [0, 0.05) is 24.6 Å². The number of fused-ring (bicyclic) bond motifs is 1. The highest BCUT2D eigenvalue weighted by atomic mass is 16.6. The molecular formula is C26H30N4O6. The van der Waals surface area contributed by atoms with Gasteiger partial charge in [-0.15, -0.1) is 0 Å². The first kappa shape index (κ1) is 25.6. The van der Waals surface area contributed by atoms with E-state index in [9.17, 15) is 19.5 Å². The molecule has 10 heteroatoms. The van der Waals surface area contributed by atoms with Crippen molar-refractivity contribution < 1.29 is 29.0 Å². The number of nitrogens with one attached hydrogen (secondary N) is 1. The van der Waals surface area contributed by atoms with Crippen molar-refractivity contribution in [2.45, 2.75) is 63.8 Å². The monoisotopic (exact) mass is 494 g/mol. The Labute approximate surface area is 209 Å². The molecular weight excluding hydrogens is 464 g/mol. The van der Waals surface area contributed by atoms with Crippen LogP contribution in [0.2, 0.25) is 0 Å². The number of hydrogen-bond donors (Lipinski definition) is 2. The van der Waals surface area contributed by atoms with Gasteiger partial charge in [-0.2, -0.15) is 0 Å². The first-order valence-corrected chi connectivity index (χ1v) is 12.1. The quantitative estimate of drug-likeness (QED) is 0.507. The van der Waals surface area contributed by atoms with Gasteiger partial charge < -0.3 is 24.7 Å². The minimum absolute atomic E-state index is 0.0202. The highest BCUT2D eigenvalue weighted by molar-refractivity contribution is 6.05. The fourth-order valence-corrected chi connectivity index (χ4v) is 4.43. The molecule has 0 bridgehead atoms. The second-order valence-corrected chi connectivity index (χ2v) is 9.10. The lowest BCUT2D eigenvalue weighted by Gasteiger charge is -2.17. The molecule has 36 heavy (non-hydrogen) atoms. The Kier molecular flexibility index (Phi) is 8.50. The van der Waals surface area contributed by atoms with Gasteiger partial charge in [0.25, 0.3) is 5.91 Å². The van der Waals surface area contributed by atoms with Crippen LogP contribution in [0.15, 0.2) is 41.7 Å². The molecule has 1 fully saturated rings. The molecule has 4 rings (SSSR count). The largest absolute Gasteiger partial charge is 0.459 e. The lowest BCUT2D eigenvalue weighted by Crippen LogP contribution is -2.30. The predicted molar refractivity (Wildman–Crippen MR) is 131 cm³/mol. The Morgan fingerprint density at radius 3 is 2.72 bits per heavy atom. The molecule has 1 unspecified atom stereocenters. The number of hydrogen-bond acceptors (Lipinski definition) is 9. The number of Topliss-reactive ketones (excluding diaryl/α,β-unsaturated/α-hetero) is 1. The maximum absolute atomic E-state index is 12.6. The molecule has 4 atom stereocenters. The third-order valence-electron chi connectivity index (χ3n) is 6.32. The summed E-state index contributed by atoms with van der Waals surface area (Å²) in [5.41, 5.74) is 1.82. The molecule has 2 aliphatic rings. The van der Waals surface area contributed by atoms with E-state index in [1.165, 1.54) is 13.3 Å². The average Bonchev–Trinajstić information content (AvgIpc) is 3.13. The molecule has 0 spiro atoms. The summed E-state index contributed by atoms with van der Waals surface area (Å²) in [5.74, 6) is -0.389. The third kappa shape index (κ3) is 6.58. The van der Waals surface area contributed by atoms with Crippen LogP contribution in [0.25, 0.3) is 0 Å². The molecule has 3 heterocycles. The molecule has 0 aliphatic carbocycles. The predicted octanol–water partition coefficient (Wildman–Crippen LogP) is 2.81. The van der Waals surface area contributed by atoms with Crippen molar-refractivity contribution in [3.63, 3.8) is 0 Å². The van der Waals surface area contributed by atoms with Crippen molar-refractivity contribution in [2.24, 2.45) is 10.9 Å². The highest BCUT2D eigenvalue weighted by Gasteiger charge is 2.38. The Balaban J connectivity index is 1.37. The van der Waals surface area contributed by atoms with Crippen molar-refractivity contribution >= 4 is 35.4 Å². The van der Waals surface area contributed by atoms with Crippen LogP contribution in [0.3, 0.4) is 0 Å². The summed E-state index contributed by atoms with van der Waals surface area (Å²) < 4.78 is 11.4. The number of aryl methyl sites for hydroxylation is 1. The van der Waals surface area contributed by atoms with E-state index in [2.05, 4.69) is 20.3 Å². The van der Waals surface area contributed by atoms with Crippen LogP contribution in [-0.2, 0) is 25.5 Å². The summed E-state index contributed by atoms with van der Waals surface area (Å²) in [6.07, 6.45) is 4.56. The molecule has 1 aromatic heterocycles. The number of aliphatic imine (C=N–C) groups is 1. The topological polar surface area (TPSA) is 140 Å². The van der Waals surface area contributed by atoms with Gasteiger partial charge in [-0.25, -0.2) is 9.97 Å². The molecule has 10 nitrogen and oxygen atoms in total. The van der Waals surface area contributed by atoms with E-state index >= 15 is 0 Å². The second kappa shape index (κ2) is 12.0. The van der Waals surface area contributed by atoms with Gasteiger partial charge in [0.1, 0.15) is 30.0 Å². The van der Waals surface area contributed by atoms with Gasteiger partial charge in [-0.1, -0.05) is 18.2 Å². The summed E-state index contributed by atoms with van der Waals surface area (Å²) in [6.45, 7) is 1.17. The lowest BCUT2D eigenvalue weighted by atomic mass is 9.95. The van der Waals surface area contributed by atoms with Crippen LogP contribution in [0.5, 0.6) is 0 Å². The van der Waals surface area contributed by atoms with Crippen LogP contribution in [0.1, 0.15) is 55.1 Å². The molecule has 0 radical (unpaired) electrons. The van der Waals surface area contributed by atoms with Crippen molar-refractivity contribution in [1.82, 2.24) is 9.97 Å². The number of anilines is 1. The van der Waals surface area contributed by atoms with Gasteiger partial charge in [0.05, 0.1) is 24.8 Å². The minimum Gasteiger partial charge on any atom is -0.459 e. The molecule has 1 amide bonds. The number of aliphatic hydroxyl groups excluding tert-OH is 1. The number of aromatic nitrogens is 2. The number of ketones is 1. The van der Waals surface area contributed by atoms with Gasteiger partial charge in [0.15, 0.2) is 5.82 Å². The number of carbonyl (C=O) groups is 3. The van der Waals surface area contributed by atoms with E-state index in [1.54, 1.807) is 24.3 Å². The Bertz CT molecular complexity index is 1120. The number of nitrogens with zero attached hydrogens (tertiary/aromatic N) is 3. The summed E-state index contributed by atoms with van der Waals surface area (Å²) in [6, 6.07) is 8.88. The molecule has 190 valence electrons. The number of amides is 1. The van der Waals surface area contributed by atoms with Crippen LogP contribution in [0.4, 0.5) is 11.5 Å². The van der Waals surface area contributed by atoms with Crippen LogP contribution < -0.4 is 5.32 Å². The number of carbonyl (C=O) groups excluding carboxylic acids is 3. The summed E-state index contributed by atoms with van der Waals surface area (Å²) in [7, 11) is 0. The Morgan fingerprint density at radius 1 is 1.17 bits per heavy atom. The zero-order valence-corrected chi connectivity index (χ0v) is 20.1. The van der Waals surface area contributed by atoms with Gasteiger partial charge in [0.2, 0.25) is 0 Å². The number of esters is 1. The van der Waals surface area contributed by atoms with Crippen molar-refractivity contribution in [3.05, 3.63) is 47.9 Å². The van der Waals surface area contributed by atoms with Crippen molar-refractivity contribution in [2.75, 3.05) is 11.9 Å². The average molecular weight is 495 g/mol. The number of benzene rings is 1. The van der Waals surface area contributed by atoms with Crippen molar-refractivity contribution in [3.8, 4) is 0 Å². The fraction of sp³-hybridized carbons (Fsp3) is 0.462. The molecule has 0 saturated carbocycles. The van der Waals surface area contributed by atoms with Gasteiger partial charge in [-0.05, 0) is 44.2 Å². The number of ether oxygens (including phenoxy) is 2. The van der Waals surface area contributed by atoms with E-state index < -0.39 is 18.2 Å². The standard InChI is InChI=1S/C26H30N4O6/c1-16(32)7-10-23(33)36-21-12-19(35-22(21)14-31)11-17-8-9-20-24(27-13-17)25(29-15-28-20)30-26(34)18-5-3-2-4-6-18/h2-6,13,15,17,19,21-22,31H,7-12,14H2,1H3,(H,28,29,30,34)/t17?,19-,21-,22+/m0/s1. The SMILES string of the molecule is CC(=O)CCC(=O)O[C@H]1C[C@H](CC2C=Nc3c(ncnc3NC(=O)c3ccccc3)CC2)O[C@@H]1CO. The zero-order valence-electron chi connectivity index (χ0n) is 20.1. The van der Waals surface area contributed by atoms with Crippen LogP contribution in [-0.4, -0.2) is 63.9 Å². The maximum Gasteiger partial charge on any atom is 0.306 e. The molecule has 1 saturated heterocycles. The fourth-order valence-electron chi connectivity index (χ4n) is 4.43. The van der Waals surface area contributed by atoms with Crippen LogP contribution >= 0.6 is 0 Å². The maximum atomic E-state index is 12.6. The number of rotatable bonds is 9. The van der Waals surface area contributed by atoms with Crippen LogP contribution in [0, 0.1) is 5.92 Å². The lowest BCUT2D eigenvalue weighted by molar-refractivity contribution is -0.153. The zero-order chi connectivity index (χ0) is 25.5. The second-order valence-electron chi connectivity index (χ2n) is 9.10. The van der Waals surface area contributed by atoms with Gasteiger partial charge in [-0.3, -0.25) is 14.6 Å². The van der Waals surface area contributed by atoms with E-state index in [-0.39, 0.29) is 43.2 Å². The molecule has 2 aromatic rings. The summed E-state index contributed by atoms with van der Waals surface area (Å²) in [5, 5.41) is 12.5. The van der Waals surface area contributed by atoms with Crippen molar-refractivity contribution in [1.29, 1.82) is 0 Å². The summed E-state index contributed by atoms with van der Waals surface area (Å²) >= 11 is 0. The smallest absolute Gasteiger partial charge is 0.306 e. The first-order chi connectivity index (χ1) is 17.4. The molecule has 1 aromatic carbocycles. The first-order valence-electron chi connectivity index (χ1n) is 12.1. The molecule has 2 N–H and O–H groups in total. The van der Waals surface area contributed by atoms with Gasteiger partial charge >= 0.3 is 5.97 Å². The Hall–Kier alpha value is -3.50. The number of aliphatic hydroxyl groups is 1. The van der Waals surface area contributed by atoms with E-state index in [1.807, 2.05) is 12.3 Å². The summed E-state index contributed by atoms with van der Waals surface area (Å²) in [4.78, 5) is 49.0. The normalized spacial score (nSPS) is 22.9.